The van der Waals surface area contributed by atoms with Crippen LogP contribution in [-0.4, -0.2) is 33.7 Å². The van der Waals surface area contributed by atoms with Crippen molar-refractivity contribution < 1.29 is 19.2 Å². The lowest BCUT2D eigenvalue weighted by molar-refractivity contribution is -0.384. The van der Waals surface area contributed by atoms with E-state index in [9.17, 15) is 14.9 Å². The highest BCUT2D eigenvalue weighted by Crippen LogP contribution is 2.39. The molecule has 1 amide bonds. The van der Waals surface area contributed by atoms with Crippen molar-refractivity contribution in [1.82, 2.24) is 4.90 Å². The summed E-state index contributed by atoms with van der Waals surface area (Å²) in [7, 11) is 1.50. The van der Waals surface area contributed by atoms with Gasteiger partial charge < -0.3 is 9.47 Å². The first-order valence-electron chi connectivity index (χ1n) is 9.68. The van der Waals surface area contributed by atoms with Crippen LogP contribution >= 0.6 is 35.6 Å². The normalized spacial score (nSPS) is 15.0. The number of carbonyl (C=O) groups excluding carboxylic acids is 1. The molecule has 0 aromatic heterocycles. The van der Waals surface area contributed by atoms with E-state index in [0.717, 1.165) is 5.56 Å². The summed E-state index contributed by atoms with van der Waals surface area (Å²) >= 11 is 13.0. The number of halogens is 1. The minimum atomic E-state index is -0.458. The number of nitro benzene ring substituents is 1. The minimum absolute atomic E-state index is 0.00697. The number of thiocarbonyl (C=S) groups is 1. The fourth-order valence-electron chi connectivity index (χ4n) is 3.01. The zero-order valence-corrected chi connectivity index (χ0v) is 20.1. The third-order valence-electron chi connectivity index (χ3n) is 4.50. The molecular formula is C22H21ClN2O5S2. The minimum Gasteiger partial charge on any atom is -0.493 e. The fraction of sp³-hybridized carbons (Fsp3) is 0.273. The third-order valence-corrected chi connectivity index (χ3v) is 6.16. The van der Waals surface area contributed by atoms with E-state index in [1.807, 2.05) is 13.8 Å². The van der Waals surface area contributed by atoms with Gasteiger partial charge in [-0.3, -0.25) is 19.8 Å². The molecule has 168 valence electrons. The smallest absolute Gasteiger partial charge is 0.269 e. The number of non-ortho nitro benzene ring substituents is 1. The first kappa shape index (κ1) is 24.0. The summed E-state index contributed by atoms with van der Waals surface area (Å²) < 4.78 is 11.8. The highest BCUT2D eigenvalue weighted by atomic mass is 35.5. The van der Waals surface area contributed by atoms with Gasteiger partial charge in [0.15, 0.2) is 11.5 Å². The molecule has 10 heteroatoms. The molecule has 0 unspecified atom stereocenters. The molecule has 1 saturated heterocycles. The molecule has 0 bridgehead atoms. The topological polar surface area (TPSA) is 81.9 Å². The molecule has 0 atom stereocenters. The number of hydrogen-bond donors (Lipinski definition) is 0. The Bertz CT molecular complexity index is 1090. The average molecular weight is 493 g/mol. The summed E-state index contributed by atoms with van der Waals surface area (Å²) in [5.74, 6) is 0.932. The Kier molecular flexibility index (Phi) is 7.76. The number of amides is 1. The maximum Gasteiger partial charge on any atom is 0.269 e. The number of benzene rings is 2. The fourth-order valence-corrected chi connectivity index (χ4v) is 4.56. The van der Waals surface area contributed by atoms with Crippen molar-refractivity contribution in [3.05, 3.63) is 67.6 Å². The van der Waals surface area contributed by atoms with Crippen LogP contribution in [0.1, 0.15) is 25.0 Å². The summed E-state index contributed by atoms with van der Waals surface area (Å²) in [6.45, 7) is 4.79. The molecule has 1 heterocycles. The van der Waals surface area contributed by atoms with E-state index in [-0.39, 0.29) is 18.2 Å². The summed E-state index contributed by atoms with van der Waals surface area (Å²) in [6, 6.07) is 9.47. The third kappa shape index (κ3) is 5.59. The molecule has 32 heavy (non-hydrogen) atoms. The van der Waals surface area contributed by atoms with Gasteiger partial charge in [0.1, 0.15) is 10.9 Å². The van der Waals surface area contributed by atoms with Crippen molar-refractivity contribution in [3.63, 3.8) is 0 Å². The van der Waals surface area contributed by atoms with E-state index in [1.165, 1.54) is 31.0 Å². The number of nitrogens with zero attached hydrogens (tertiary/aromatic N) is 2. The second kappa shape index (κ2) is 10.3. The molecule has 0 radical (unpaired) electrons. The van der Waals surface area contributed by atoms with Crippen LogP contribution < -0.4 is 9.47 Å². The van der Waals surface area contributed by atoms with Crippen molar-refractivity contribution in [2.45, 2.75) is 20.5 Å². The summed E-state index contributed by atoms with van der Waals surface area (Å²) in [5, 5.41) is 11.1. The average Bonchev–Trinajstić information content (AvgIpc) is 2.99. The van der Waals surface area contributed by atoms with Crippen LogP contribution in [0.25, 0.3) is 6.08 Å². The van der Waals surface area contributed by atoms with Gasteiger partial charge in [-0.05, 0) is 47.4 Å². The van der Waals surface area contributed by atoms with E-state index in [0.29, 0.717) is 43.8 Å². The highest BCUT2D eigenvalue weighted by molar-refractivity contribution is 8.26. The predicted octanol–water partition coefficient (Wildman–Crippen LogP) is 5.69. The molecule has 1 fully saturated rings. The van der Waals surface area contributed by atoms with Crippen LogP contribution in [-0.2, 0) is 11.4 Å². The molecule has 0 saturated carbocycles. The Morgan fingerprint density at radius 2 is 1.97 bits per heavy atom. The first-order valence-corrected chi connectivity index (χ1v) is 11.3. The number of nitro groups is 1. The van der Waals surface area contributed by atoms with Crippen LogP contribution in [0.5, 0.6) is 11.5 Å². The summed E-state index contributed by atoms with van der Waals surface area (Å²) in [5.41, 5.74) is 1.43. The lowest BCUT2D eigenvalue weighted by Gasteiger charge is -2.16. The lowest BCUT2D eigenvalue weighted by atomic mass is 10.1. The van der Waals surface area contributed by atoms with Gasteiger partial charge in [-0.1, -0.05) is 49.4 Å². The number of methoxy groups -OCH3 is 1. The molecule has 3 rings (SSSR count). The number of hydrogen-bond acceptors (Lipinski definition) is 7. The molecule has 0 N–H and O–H groups in total. The number of rotatable bonds is 8. The van der Waals surface area contributed by atoms with Gasteiger partial charge in [-0.2, -0.15) is 0 Å². The van der Waals surface area contributed by atoms with Gasteiger partial charge in [-0.15, -0.1) is 0 Å². The van der Waals surface area contributed by atoms with Gasteiger partial charge in [0.2, 0.25) is 0 Å². The number of carbonyl (C=O) groups is 1. The largest absolute Gasteiger partial charge is 0.493 e. The molecule has 7 nitrogen and oxygen atoms in total. The molecule has 0 aliphatic carbocycles. The lowest BCUT2D eigenvalue weighted by Crippen LogP contribution is -2.31. The van der Waals surface area contributed by atoms with Crippen molar-refractivity contribution in [3.8, 4) is 11.5 Å². The van der Waals surface area contributed by atoms with Crippen LogP contribution in [0.15, 0.2) is 41.3 Å². The Morgan fingerprint density at radius 3 is 2.56 bits per heavy atom. The summed E-state index contributed by atoms with van der Waals surface area (Å²) in [4.78, 5) is 25.2. The Balaban J connectivity index is 1.79. The van der Waals surface area contributed by atoms with Crippen molar-refractivity contribution >= 4 is 57.6 Å². The maximum absolute atomic E-state index is 12.7. The first-order chi connectivity index (χ1) is 15.2. The second-order valence-corrected chi connectivity index (χ2v) is 9.52. The second-order valence-electron chi connectivity index (χ2n) is 7.43. The van der Waals surface area contributed by atoms with Gasteiger partial charge in [0.05, 0.1) is 22.0 Å². The predicted molar refractivity (Wildman–Crippen MR) is 130 cm³/mol. The molecule has 2 aromatic rings. The van der Waals surface area contributed by atoms with Crippen LogP contribution in [0.2, 0.25) is 5.02 Å². The zero-order chi connectivity index (χ0) is 23.4. The summed E-state index contributed by atoms with van der Waals surface area (Å²) in [6.07, 6.45) is 1.73. The van der Waals surface area contributed by atoms with Crippen LogP contribution in [0.4, 0.5) is 5.69 Å². The number of ether oxygens (including phenoxy) is 2. The monoisotopic (exact) mass is 492 g/mol. The maximum atomic E-state index is 12.7. The van der Waals surface area contributed by atoms with Crippen molar-refractivity contribution in [2.75, 3.05) is 13.7 Å². The van der Waals surface area contributed by atoms with E-state index in [4.69, 9.17) is 33.3 Å². The van der Waals surface area contributed by atoms with E-state index >= 15 is 0 Å². The van der Waals surface area contributed by atoms with Gasteiger partial charge in [-0.25, -0.2) is 0 Å². The molecule has 1 aliphatic heterocycles. The van der Waals surface area contributed by atoms with E-state index < -0.39 is 4.92 Å². The van der Waals surface area contributed by atoms with Gasteiger partial charge in [0, 0.05) is 18.7 Å². The highest BCUT2D eigenvalue weighted by Gasteiger charge is 2.32. The molecule has 2 aromatic carbocycles. The van der Waals surface area contributed by atoms with Gasteiger partial charge >= 0.3 is 0 Å². The number of thioether (sulfide) groups is 1. The molecular weight excluding hydrogens is 472 g/mol. The zero-order valence-electron chi connectivity index (χ0n) is 17.7. The standard InChI is InChI=1S/C22H21ClN2O5S2/c1-13(2)11-24-21(26)19(32-22(24)31)10-15-8-17(23)20(18(9-15)29-3)30-12-14-4-6-16(7-5-14)25(27)28/h4-10,13H,11-12H2,1-3H3/b19-10-. The SMILES string of the molecule is COc1cc(/C=C2\SC(=S)N(CC(C)C)C2=O)cc(Cl)c1OCc1ccc([N+](=O)[O-])cc1. The van der Waals surface area contributed by atoms with Crippen LogP contribution in [0, 0.1) is 16.0 Å². The molecule has 1 aliphatic rings. The van der Waals surface area contributed by atoms with Gasteiger partial charge in [0.25, 0.3) is 11.6 Å². The van der Waals surface area contributed by atoms with Crippen molar-refractivity contribution in [2.24, 2.45) is 5.92 Å². The Morgan fingerprint density at radius 1 is 1.28 bits per heavy atom. The molecule has 0 spiro atoms. The van der Waals surface area contributed by atoms with E-state index in [2.05, 4.69) is 0 Å². The Hall–Kier alpha value is -2.62. The van der Waals surface area contributed by atoms with Crippen molar-refractivity contribution in [1.29, 1.82) is 0 Å². The quantitative estimate of drug-likeness (QED) is 0.202. The van der Waals surface area contributed by atoms with Crippen LogP contribution in [0.3, 0.4) is 0 Å². The Labute approximate surface area is 200 Å². The van der Waals surface area contributed by atoms with E-state index in [1.54, 1.807) is 35.2 Å².